The maximum Gasteiger partial charge on any atom is 0.244 e. The van der Waals surface area contributed by atoms with Crippen molar-refractivity contribution in [1.29, 1.82) is 10.8 Å². The summed E-state index contributed by atoms with van der Waals surface area (Å²) in [6.07, 6.45) is 18.8. The van der Waals surface area contributed by atoms with Gasteiger partial charge in [-0.25, -0.2) is 0 Å². The lowest BCUT2D eigenvalue weighted by atomic mass is 9.49. The van der Waals surface area contributed by atoms with E-state index >= 15 is 0 Å². The number of guanidine groups is 2. The fourth-order valence-electron chi connectivity index (χ4n) is 12.3. The molecule has 4 N–H and O–H groups in total. The van der Waals surface area contributed by atoms with Crippen molar-refractivity contribution in [3.05, 3.63) is 109 Å². The molecule has 2 heterocycles. The van der Waals surface area contributed by atoms with Gasteiger partial charge in [-0.05, 0) is 135 Å². The van der Waals surface area contributed by atoms with Crippen LogP contribution in [0.2, 0.25) is 0 Å². The summed E-state index contributed by atoms with van der Waals surface area (Å²) in [5.41, 5.74) is 4.23. The van der Waals surface area contributed by atoms with E-state index < -0.39 is 0 Å². The summed E-state index contributed by atoms with van der Waals surface area (Å²) in [5, 5.41) is 24.5. The largest absolute Gasteiger partial charge is 0.338 e. The van der Waals surface area contributed by atoms with Gasteiger partial charge >= 0.3 is 0 Å². The van der Waals surface area contributed by atoms with Gasteiger partial charge in [0.15, 0.2) is 11.9 Å². The van der Waals surface area contributed by atoms with Crippen LogP contribution in [0.1, 0.15) is 95.1 Å². The third kappa shape index (κ3) is 10.7. The first kappa shape index (κ1) is 43.5. The van der Waals surface area contributed by atoms with Gasteiger partial charge in [-0.15, -0.1) is 6.58 Å². The third-order valence-electron chi connectivity index (χ3n) is 15.0. The fraction of sp³-hybridized carbons (Fsp3) is 0.538. The second kappa shape index (κ2) is 19.9. The van der Waals surface area contributed by atoms with Gasteiger partial charge in [0.25, 0.3) is 0 Å². The SMILES string of the molecule is C=CCC(CC)CCCCN1C(=N)N(CC(=O)Nc2ccc(NC(=O)CN3C[C@H](Cc4ccccc4)N(CCC45CC6CC(CC(C6)C4)C5)C3=N)cc2)C[C@@H]1Cc1ccccc1. The highest BCUT2D eigenvalue weighted by Crippen LogP contribution is 2.61. The molecule has 0 radical (unpaired) electrons. The molecular formula is C52H70N8O2. The van der Waals surface area contributed by atoms with Crippen LogP contribution in [-0.2, 0) is 22.4 Å². The van der Waals surface area contributed by atoms with Crippen LogP contribution >= 0.6 is 0 Å². The average Bonchev–Trinajstić information content (AvgIpc) is 3.70. The molecule has 6 fully saturated rings. The molecule has 6 aliphatic rings. The summed E-state index contributed by atoms with van der Waals surface area (Å²) in [6, 6.07) is 28.5. The molecule has 4 saturated carbocycles. The van der Waals surface area contributed by atoms with Crippen molar-refractivity contribution in [3.8, 4) is 0 Å². The quantitative estimate of drug-likeness (QED) is 0.0628. The van der Waals surface area contributed by atoms with E-state index in [-0.39, 0.29) is 37.0 Å². The van der Waals surface area contributed by atoms with Crippen molar-refractivity contribution in [2.24, 2.45) is 29.1 Å². The van der Waals surface area contributed by atoms with E-state index in [0.29, 0.717) is 47.7 Å². The number of rotatable bonds is 21. The zero-order valence-corrected chi connectivity index (χ0v) is 37.1. The van der Waals surface area contributed by atoms with Gasteiger partial charge < -0.3 is 30.2 Å². The molecule has 330 valence electrons. The molecule has 10 heteroatoms. The maximum absolute atomic E-state index is 13.5. The number of nitrogens with one attached hydrogen (secondary N) is 4. The zero-order chi connectivity index (χ0) is 43.1. The molecule has 4 aliphatic carbocycles. The Hall–Kier alpha value is -5.12. The van der Waals surface area contributed by atoms with E-state index in [1.807, 2.05) is 46.2 Å². The molecule has 1 unspecified atom stereocenters. The monoisotopic (exact) mass is 839 g/mol. The van der Waals surface area contributed by atoms with Crippen LogP contribution in [-0.4, -0.2) is 94.7 Å². The Morgan fingerprint density at radius 2 is 1.18 bits per heavy atom. The van der Waals surface area contributed by atoms with Crippen LogP contribution in [0.15, 0.2) is 97.6 Å². The number of carbonyl (C=O) groups excluding carboxylic acids is 2. The number of nitrogens with zero attached hydrogens (tertiary/aromatic N) is 4. The number of benzene rings is 3. The molecular weight excluding hydrogens is 769 g/mol. The van der Waals surface area contributed by atoms with E-state index in [1.165, 1.54) is 56.1 Å². The van der Waals surface area contributed by atoms with Crippen molar-refractivity contribution in [2.75, 3.05) is 49.9 Å². The molecule has 3 aromatic carbocycles. The summed E-state index contributed by atoms with van der Waals surface area (Å²) in [6.45, 7) is 9.36. The Kier molecular flexibility index (Phi) is 14.0. The van der Waals surface area contributed by atoms with Gasteiger partial charge in [0, 0.05) is 37.6 Å². The maximum atomic E-state index is 13.5. The minimum absolute atomic E-state index is 0.100. The third-order valence-corrected chi connectivity index (χ3v) is 15.0. The van der Waals surface area contributed by atoms with Crippen molar-refractivity contribution in [1.82, 2.24) is 19.6 Å². The van der Waals surface area contributed by atoms with Crippen LogP contribution in [0.3, 0.4) is 0 Å². The molecule has 3 atom stereocenters. The fourth-order valence-corrected chi connectivity index (χ4v) is 12.3. The van der Waals surface area contributed by atoms with Crippen LogP contribution < -0.4 is 10.6 Å². The van der Waals surface area contributed by atoms with Crippen LogP contribution in [0, 0.1) is 39.9 Å². The first-order valence-electron chi connectivity index (χ1n) is 23.7. The minimum Gasteiger partial charge on any atom is -0.338 e. The van der Waals surface area contributed by atoms with Crippen molar-refractivity contribution in [3.63, 3.8) is 0 Å². The highest BCUT2D eigenvalue weighted by Gasteiger charge is 2.51. The number of hydrogen-bond acceptors (Lipinski definition) is 4. The predicted octanol–water partition coefficient (Wildman–Crippen LogP) is 9.27. The summed E-state index contributed by atoms with van der Waals surface area (Å²) in [7, 11) is 0. The Morgan fingerprint density at radius 3 is 1.63 bits per heavy atom. The number of unbranched alkanes of at least 4 members (excludes halogenated alkanes) is 1. The predicted molar refractivity (Wildman–Crippen MR) is 251 cm³/mol. The topological polar surface area (TPSA) is 119 Å². The van der Waals surface area contributed by atoms with E-state index in [4.69, 9.17) is 5.41 Å². The van der Waals surface area contributed by atoms with Gasteiger partial charge in [-0.3, -0.25) is 20.4 Å². The highest BCUT2D eigenvalue weighted by atomic mass is 16.2. The summed E-state index contributed by atoms with van der Waals surface area (Å²) >= 11 is 0. The standard InChI is InChI=1S/C52H70N8O2/c1-3-13-38(4-2)14-11-12-24-59-46(29-39-15-7-5-8-16-39)34-57(50(59)53)36-48(61)55-44-19-21-45(22-20-44)56-49(62)37-58-35-47(30-40-17-9-6-10-18-40)60(51(58)54)25-23-52-31-41-26-42(32-52)28-43(27-41)33-52/h3,5-10,15-22,38,41-43,46-47,53-54H,1,4,11-14,23-37H2,2H3,(H,55,61)(H,56,62)/t38?,41?,42?,43?,46-,47-,52?/m0/s1. The van der Waals surface area contributed by atoms with E-state index in [1.54, 1.807) is 0 Å². The Bertz CT molecular complexity index is 1970. The summed E-state index contributed by atoms with van der Waals surface area (Å²) in [5.74, 6) is 3.95. The molecule has 2 aliphatic heterocycles. The molecule has 3 aromatic rings. The number of amides is 2. The average molecular weight is 839 g/mol. The Balaban J connectivity index is 0.829. The molecule has 10 nitrogen and oxygen atoms in total. The highest BCUT2D eigenvalue weighted by molar-refractivity contribution is 5.97. The Labute approximate surface area is 370 Å². The second-order valence-electron chi connectivity index (χ2n) is 19.6. The van der Waals surface area contributed by atoms with Gasteiger partial charge in [0.1, 0.15) is 13.1 Å². The first-order chi connectivity index (χ1) is 30.2. The zero-order valence-electron chi connectivity index (χ0n) is 37.1. The number of hydrogen-bond donors (Lipinski definition) is 4. The molecule has 4 bridgehead atoms. The molecule has 0 spiro atoms. The van der Waals surface area contributed by atoms with Crippen LogP contribution in [0.25, 0.3) is 0 Å². The number of carbonyl (C=O) groups is 2. The lowest BCUT2D eigenvalue weighted by molar-refractivity contribution is -0.117. The summed E-state index contributed by atoms with van der Waals surface area (Å²) in [4.78, 5) is 35.3. The van der Waals surface area contributed by atoms with E-state index in [2.05, 4.69) is 88.5 Å². The number of anilines is 2. The summed E-state index contributed by atoms with van der Waals surface area (Å²) < 4.78 is 0. The Morgan fingerprint density at radius 1 is 0.710 bits per heavy atom. The minimum atomic E-state index is -0.174. The second-order valence-corrected chi connectivity index (χ2v) is 19.6. The number of allylic oxidation sites excluding steroid dienone is 1. The lowest BCUT2D eigenvalue weighted by Gasteiger charge is -2.57. The smallest absolute Gasteiger partial charge is 0.244 e. The van der Waals surface area contributed by atoms with Crippen molar-refractivity contribution in [2.45, 2.75) is 109 Å². The van der Waals surface area contributed by atoms with Gasteiger partial charge in [-0.1, -0.05) is 92.9 Å². The molecule has 9 rings (SSSR count). The normalized spacial score (nSPS) is 25.7. The van der Waals surface area contributed by atoms with Gasteiger partial charge in [-0.2, -0.15) is 0 Å². The van der Waals surface area contributed by atoms with Gasteiger partial charge in [0.2, 0.25) is 11.8 Å². The van der Waals surface area contributed by atoms with E-state index in [0.717, 1.165) is 75.8 Å². The molecule has 0 aromatic heterocycles. The lowest BCUT2D eigenvalue weighted by Crippen LogP contribution is -2.48. The van der Waals surface area contributed by atoms with Crippen LogP contribution in [0.5, 0.6) is 0 Å². The van der Waals surface area contributed by atoms with Crippen molar-refractivity contribution < 1.29 is 9.59 Å². The van der Waals surface area contributed by atoms with Gasteiger partial charge in [0.05, 0.1) is 12.1 Å². The first-order valence-corrected chi connectivity index (χ1v) is 23.7. The van der Waals surface area contributed by atoms with E-state index in [9.17, 15) is 15.0 Å². The molecule has 2 amide bonds. The molecule has 2 saturated heterocycles. The molecule has 62 heavy (non-hydrogen) atoms. The van der Waals surface area contributed by atoms with Crippen molar-refractivity contribution >= 4 is 35.1 Å². The van der Waals surface area contributed by atoms with Crippen LogP contribution in [0.4, 0.5) is 11.4 Å².